The van der Waals surface area contributed by atoms with Crippen molar-refractivity contribution in [2.45, 2.75) is 72.6 Å². The van der Waals surface area contributed by atoms with Gasteiger partial charge in [0.1, 0.15) is 11.0 Å². The van der Waals surface area contributed by atoms with Crippen molar-refractivity contribution < 1.29 is 4.57 Å². The average Bonchev–Trinajstić information content (AvgIpc) is 3.20. The standard InChI is InChI=1S/C48H54N8/c1-32-27-37(21-22-39(32)49)53-42-24-23-41(35(4)48(42)54-36-17-11-9-12-18-36)51-25-15-7-5-6-8-16-26-52-43-31-47-45(29-34(43)3)55-44-28-33(2)40(50)30-46(44)56(47)38-19-13-10-14-20-38/h9-14,17-20,22-24,27-31,51,54H,5-8,15-16,21,25-26,49H2,1-4H3,(H2,50,52)/p+1. The van der Waals surface area contributed by atoms with Gasteiger partial charge >= 0.3 is 0 Å². The summed E-state index contributed by atoms with van der Waals surface area (Å²) in [5.74, 6) is 0. The van der Waals surface area contributed by atoms with E-state index in [0.717, 1.165) is 122 Å². The number of hydrogen-bond acceptors (Lipinski definition) is 7. The topological polar surface area (TPSA) is 117 Å². The van der Waals surface area contributed by atoms with Crippen LogP contribution in [0.15, 0.2) is 125 Å². The van der Waals surface area contributed by atoms with Gasteiger partial charge in [0.25, 0.3) is 0 Å². The summed E-state index contributed by atoms with van der Waals surface area (Å²) in [5.41, 5.74) is 29.9. The van der Waals surface area contributed by atoms with Crippen LogP contribution in [0.5, 0.6) is 0 Å². The van der Waals surface area contributed by atoms with Gasteiger partial charge in [0.05, 0.1) is 11.4 Å². The molecule has 1 aliphatic rings. The van der Waals surface area contributed by atoms with Crippen LogP contribution in [-0.2, 0) is 0 Å². The van der Waals surface area contributed by atoms with Gasteiger partial charge in [-0.05, 0) is 105 Å². The Balaban J connectivity index is 0.912. The first-order valence-corrected chi connectivity index (χ1v) is 20.0. The maximum atomic E-state index is 6.39. The number of unbranched alkanes of at least 4 members (excludes halogenated alkanes) is 5. The minimum atomic E-state index is 0.731. The fourth-order valence-electron chi connectivity index (χ4n) is 7.43. The zero-order valence-corrected chi connectivity index (χ0v) is 33.3. The van der Waals surface area contributed by atoms with Crippen molar-refractivity contribution in [3.8, 4) is 5.69 Å². The number of nitrogens with two attached hydrogens (primary N) is 2. The summed E-state index contributed by atoms with van der Waals surface area (Å²) in [6, 6.07) is 33.6. The van der Waals surface area contributed by atoms with Crippen molar-refractivity contribution in [1.82, 2.24) is 4.98 Å². The SMILES string of the molecule is CC1=CC(=Nc2ccc(NCCCCCCCCNc3cc4c(cc3C)nc3cc(C)c(N)cc3[n+]4-c3ccccc3)c(C)c2Nc2ccccc2)CC=C1N. The molecule has 0 atom stereocenters. The Morgan fingerprint density at radius 2 is 1.30 bits per heavy atom. The number of benzene rings is 5. The van der Waals surface area contributed by atoms with E-state index in [4.69, 9.17) is 21.4 Å². The summed E-state index contributed by atoms with van der Waals surface area (Å²) in [4.78, 5) is 10.1. The third kappa shape index (κ3) is 8.86. The van der Waals surface area contributed by atoms with Gasteiger partial charge in [-0.15, -0.1) is 4.57 Å². The number of allylic oxidation sites excluding steroid dienone is 3. The van der Waals surface area contributed by atoms with E-state index in [0.29, 0.717) is 0 Å². The molecule has 0 saturated carbocycles. The predicted molar refractivity (Wildman–Crippen MR) is 238 cm³/mol. The van der Waals surface area contributed by atoms with Gasteiger partial charge in [0.15, 0.2) is 0 Å². The quantitative estimate of drug-likeness (QED) is 0.0309. The molecule has 1 aromatic heterocycles. The van der Waals surface area contributed by atoms with Gasteiger partial charge in [0, 0.05) is 77.9 Å². The Morgan fingerprint density at radius 3 is 2.00 bits per heavy atom. The molecule has 5 aromatic carbocycles. The minimum Gasteiger partial charge on any atom is -0.399 e. The zero-order valence-electron chi connectivity index (χ0n) is 33.3. The molecule has 0 amide bonds. The second-order valence-electron chi connectivity index (χ2n) is 15.0. The van der Waals surface area contributed by atoms with Gasteiger partial charge in [-0.1, -0.05) is 68.2 Å². The van der Waals surface area contributed by atoms with Crippen molar-refractivity contribution >= 4 is 61.9 Å². The van der Waals surface area contributed by atoms with Crippen LogP contribution in [0.25, 0.3) is 27.8 Å². The summed E-state index contributed by atoms with van der Waals surface area (Å²) in [7, 11) is 0. The molecule has 0 unspecified atom stereocenters. The van der Waals surface area contributed by atoms with E-state index in [1.807, 2.05) is 44.2 Å². The number of aliphatic imine (C=N–C) groups is 1. The largest absolute Gasteiger partial charge is 0.399 e. The smallest absolute Gasteiger partial charge is 0.239 e. The Hall–Kier alpha value is -6.15. The number of nitrogens with zero attached hydrogens (tertiary/aromatic N) is 3. The van der Waals surface area contributed by atoms with Gasteiger partial charge in [-0.25, -0.2) is 4.98 Å². The predicted octanol–water partition coefficient (Wildman–Crippen LogP) is 11.0. The van der Waals surface area contributed by atoms with Crippen molar-refractivity contribution in [2.75, 3.05) is 34.8 Å². The third-order valence-corrected chi connectivity index (χ3v) is 10.8. The van der Waals surface area contributed by atoms with Crippen LogP contribution < -0.4 is 32.0 Å². The number of para-hydroxylation sites is 2. The van der Waals surface area contributed by atoms with E-state index in [1.165, 1.54) is 31.2 Å². The van der Waals surface area contributed by atoms with Crippen LogP contribution in [0.2, 0.25) is 0 Å². The molecule has 56 heavy (non-hydrogen) atoms. The summed E-state index contributed by atoms with van der Waals surface area (Å²) in [6.07, 6.45) is 12.0. The lowest BCUT2D eigenvalue weighted by Gasteiger charge is -2.18. The fourth-order valence-corrected chi connectivity index (χ4v) is 7.43. The number of nitrogens with one attached hydrogen (secondary N) is 3. The number of aromatic nitrogens is 2. The van der Waals surface area contributed by atoms with Crippen LogP contribution in [0.1, 0.15) is 68.6 Å². The van der Waals surface area contributed by atoms with E-state index < -0.39 is 0 Å². The first kappa shape index (κ1) is 38.1. The molecule has 8 nitrogen and oxygen atoms in total. The number of hydrogen-bond donors (Lipinski definition) is 5. The molecule has 0 spiro atoms. The zero-order chi connectivity index (χ0) is 39.0. The third-order valence-electron chi connectivity index (χ3n) is 10.8. The fraction of sp³-hybridized carbons (Fsp3) is 0.271. The molecule has 286 valence electrons. The highest BCUT2D eigenvalue weighted by molar-refractivity contribution is 6.01. The molecular weight excluding hydrogens is 689 g/mol. The van der Waals surface area contributed by atoms with E-state index in [-0.39, 0.29) is 0 Å². The van der Waals surface area contributed by atoms with E-state index in [1.54, 1.807) is 0 Å². The van der Waals surface area contributed by atoms with Crippen LogP contribution in [0.4, 0.5) is 34.1 Å². The molecule has 0 bridgehead atoms. The van der Waals surface area contributed by atoms with Gasteiger partial charge < -0.3 is 27.4 Å². The molecule has 0 saturated heterocycles. The Kier molecular flexibility index (Phi) is 11.9. The van der Waals surface area contributed by atoms with Gasteiger partial charge in [-0.2, -0.15) is 0 Å². The van der Waals surface area contributed by atoms with Crippen molar-refractivity contribution in [3.63, 3.8) is 0 Å². The van der Waals surface area contributed by atoms with Crippen LogP contribution in [0.3, 0.4) is 0 Å². The Morgan fingerprint density at radius 1 is 0.679 bits per heavy atom. The maximum absolute atomic E-state index is 6.39. The second-order valence-corrected chi connectivity index (χ2v) is 15.0. The van der Waals surface area contributed by atoms with E-state index in [9.17, 15) is 0 Å². The molecule has 7 rings (SSSR count). The van der Waals surface area contributed by atoms with Crippen LogP contribution in [-0.4, -0.2) is 23.8 Å². The molecule has 0 fully saturated rings. The highest BCUT2D eigenvalue weighted by Crippen LogP contribution is 2.37. The average molecular weight is 744 g/mol. The highest BCUT2D eigenvalue weighted by Gasteiger charge is 2.22. The number of anilines is 5. The van der Waals surface area contributed by atoms with Crippen LogP contribution in [0, 0.1) is 20.8 Å². The molecule has 7 N–H and O–H groups in total. The summed E-state index contributed by atoms with van der Waals surface area (Å²) in [5, 5.41) is 11.1. The second kappa shape index (κ2) is 17.5. The molecule has 6 aromatic rings. The molecule has 8 heteroatoms. The lowest BCUT2D eigenvalue weighted by atomic mass is 10.0. The molecule has 1 heterocycles. The van der Waals surface area contributed by atoms with Crippen molar-refractivity contribution in [1.29, 1.82) is 0 Å². The lowest BCUT2D eigenvalue weighted by Crippen LogP contribution is -2.33. The molecule has 0 radical (unpaired) electrons. The number of rotatable bonds is 15. The number of aryl methyl sites for hydroxylation is 2. The summed E-state index contributed by atoms with van der Waals surface area (Å²) >= 11 is 0. The Labute approximate surface area is 331 Å². The highest BCUT2D eigenvalue weighted by atomic mass is 15.0. The van der Waals surface area contributed by atoms with E-state index in [2.05, 4.69) is 113 Å². The van der Waals surface area contributed by atoms with E-state index >= 15 is 0 Å². The summed E-state index contributed by atoms with van der Waals surface area (Å²) < 4.78 is 2.28. The molecule has 0 aliphatic heterocycles. The Bertz CT molecular complexity index is 2430. The molecule has 1 aliphatic carbocycles. The van der Waals surface area contributed by atoms with Crippen molar-refractivity contribution in [2.24, 2.45) is 10.7 Å². The number of fused-ring (bicyclic) bond motifs is 2. The summed E-state index contributed by atoms with van der Waals surface area (Å²) in [6.45, 7) is 10.3. The normalized spacial score (nSPS) is 13.5. The van der Waals surface area contributed by atoms with Gasteiger partial charge in [-0.3, -0.25) is 4.99 Å². The first-order chi connectivity index (χ1) is 27.2. The molecular formula is C48H55N8+. The van der Waals surface area contributed by atoms with Crippen LogP contribution >= 0.6 is 0 Å². The van der Waals surface area contributed by atoms with Gasteiger partial charge in [0.2, 0.25) is 16.7 Å². The number of nitrogen functional groups attached to an aromatic ring is 1. The minimum absolute atomic E-state index is 0.731. The van der Waals surface area contributed by atoms with Crippen molar-refractivity contribution in [3.05, 3.63) is 137 Å². The monoisotopic (exact) mass is 743 g/mol. The first-order valence-electron chi connectivity index (χ1n) is 20.0. The lowest BCUT2D eigenvalue weighted by molar-refractivity contribution is -0.538. The maximum Gasteiger partial charge on any atom is 0.239 e.